The smallest absolute Gasteiger partial charge is 0.108 e. The van der Waals surface area contributed by atoms with Gasteiger partial charge in [-0.15, -0.1) is 6.22 Å². The average molecular weight is 270 g/mol. The molecule has 1 aromatic carbocycles. The molecule has 12 heavy (non-hydrogen) atoms. The van der Waals surface area contributed by atoms with Gasteiger partial charge in [0.05, 0.1) is 14.9 Å². The van der Waals surface area contributed by atoms with Crippen LogP contribution in [0.5, 0.6) is 0 Å². The molecule has 62 valence electrons. The average Bonchev–Trinajstić information content (AvgIpc) is 2.08. The van der Waals surface area contributed by atoms with Crippen molar-refractivity contribution in [1.29, 1.82) is 0 Å². The molecule has 0 radical (unpaired) electrons. The molecule has 0 saturated heterocycles. The molecule has 0 atom stereocenters. The van der Waals surface area contributed by atoms with Crippen molar-refractivity contribution in [1.82, 2.24) is 0 Å². The zero-order chi connectivity index (χ0) is 9.23. The molecule has 0 amide bonds. The summed E-state index contributed by atoms with van der Waals surface area (Å²) < 4.78 is 1.29. The van der Waals surface area contributed by atoms with Crippen LogP contribution in [0.3, 0.4) is 0 Å². The summed E-state index contributed by atoms with van der Waals surface area (Å²) in [5.74, 6) is 0. The highest BCUT2D eigenvalue weighted by atomic mass is 127. The topological polar surface area (TPSA) is 0 Å². The van der Waals surface area contributed by atoms with Gasteiger partial charge in [-0.25, -0.2) is 0 Å². The van der Waals surface area contributed by atoms with E-state index in [0.29, 0.717) is 0 Å². The summed E-state index contributed by atoms with van der Waals surface area (Å²) in [5, 5.41) is 0. The predicted molar refractivity (Wildman–Crippen MR) is 72.7 cm³/mol. The molecule has 0 unspecified atom stereocenters. The molecule has 0 fully saturated rings. The van der Waals surface area contributed by atoms with Gasteiger partial charge in [0.2, 0.25) is 0 Å². The van der Waals surface area contributed by atoms with E-state index >= 15 is 0 Å². The fourth-order valence-electron chi connectivity index (χ4n) is 0.768. The third kappa shape index (κ3) is 8.24. The van der Waals surface area contributed by atoms with Crippen LogP contribution in [-0.4, -0.2) is 22.2 Å². The maximum atomic E-state index is 2.28. The highest BCUT2D eigenvalue weighted by molar-refractivity contribution is 14.1. The minimum atomic E-state index is 1.29. The van der Waals surface area contributed by atoms with Gasteiger partial charge in [-0.2, -0.15) is 0 Å². The van der Waals surface area contributed by atoms with Gasteiger partial charge in [-0.05, 0) is 34.7 Å². The van der Waals surface area contributed by atoms with Crippen molar-refractivity contribution in [3.05, 3.63) is 33.9 Å². The van der Waals surface area contributed by atoms with Crippen molar-refractivity contribution in [2.45, 2.75) is 13.0 Å². The van der Waals surface area contributed by atoms with Gasteiger partial charge >= 0.3 is 0 Å². The van der Waals surface area contributed by atoms with Gasteiger partial charge in [0.1, 0.15) is 7.28 Å². The van der Waals surface area contributed by atoms with Crippen LogP contribution in [0.2, 0.25) is 13.0 Å². The van der Waals surface area contributed by atoms with E-state index < -0.39 is 0 Å². The largest absolute Gasteiger partial charge is 0.109 e. The van der Waals surface area contributed by atoms with Gasteiger partial charge in [0, 0.05) is 3.57 Å². The van der Waals surface area contributed by atoms with Crippen LogP contribution in [0.1, 0.15) is 0 Å². The van der Waals surface area contributed by atoms with Crippen LogP contribution in [0, 0.1) is 3.57 Å². The molecule has 0 nitrogen and oxygen atoms in total. The zero-order valence-electron chi connectivity index (χ0n) is 7.89. The molecule has 0 heterocycles. The summed E-state index contributed by atoms with van der Waals surface area (Å²) in [6.45, 7) is 2.21. The van der Waals surface area contributed by atoms with Gasteiger partial charge in [0.25, 0.3) is 0 Å². The van der Waals surface area contributed by atoms with Gasteiger partial charge < -0.3 is 0 Å². The molecule has 0 bridgehead atoms. The first-order valence-electron chi connectivity index (χ1n) is 4.51. The summed E-state index contributed by atoms with van der Waals surface area (Å²) in [6, 6.07) is 10.2. The number of rotatable bonds is 2. The quantitative estimate of drug-likeness (QED) is 0.558. The summed E-state index contributed by atoms with van der Waals surface area (Å²) >= 11 is 2.28. The maximum absolute atomic E-state index is 2.28. The van der Waals surface area contributed by atoms with Crippen LogP contribution < -0.4 is 0 Å². The van der Waals surface area contributed by atoms with Crippen molar-refractivity contribution in [3.8, 4) is 0 Å². The van der Waals surface area contributed by atoms with Gasteiger partial charge in [-0.1, -0.05) is 25.0 Å². The number of halogens is 1. The van der Waals surface area contributed by atoms with Crippen molar-refractivity contribution in [2.24, 2.45) is 0 Å². The third-order valence-electron chi connectivity index (χ3n) is 1.44. The fourth-order valence-corrected chi connectivity index (χ4v) is 1.18. The number of hydrogen-bond acceptors (Lipinski definition) is 0. The Hall–Kier alpha value is 0.145. The van der Waals surface area contributed by atoms with E-state index in [9.17, 15) is 0 Å². The SMILES string of the molecule is BBCBC.Ic1ccccc1. The lowest BCUT2D eigenvalue weighted by Gasteiger charge is -1.80. The molecule has 1 aromatic rings. The number of benzene rings is 1. The first kappa shape index (κ1) is 12.1. The maximum Gasteiger partial charge on any atom is 0.109 e. The summed E-state index contributed by atoms with van der Waals surface area (Å²) in [5.41, 5.74) is 0. The highest BCUT2D eigenvalue weighted by Crippen LogP contribution is 1.99. The van der Waals surface area contributed by atoms with E-state index in [1.165, 1.54) is 24.2 Å². The molecule has 0 aromatic heterocycles. The van der Waals surface area contributed by atoms with Crippen molar-refractivity contribution in [3.63, 3.8) is 0 Å². The summed E-state index contributed by atoms with van der Waals surface area (Å²) in [7, 11) is 4.90. The second-order valence-electron chi connectivity index (χ2n) is 2.65. The molecule has 0 aliphatic heterocycles. The van der Waals surface area contributed by atoms with Crippen LogP contribution >= 0.6 is 22.6 Å². The van der Waals surface area contributed by atoms with E-state index in [0.717, 1.165) is 0 Å². The van der Waals surface area contributed by atoms with E-state index in [1.54, 1.807) is 0 Å². The molecule has 0 aliphatic rings. The lowest BCUT2D eigenvalue weighted by Crippen LogP contribution is -1.90. The zero-order valence-corrected chi connectivity index (χ0v) is 10.0. The molecule has 1 rings (SSSR count). The minimum Gasteiger partial charge on any atom is -0.108 e. The van der Waals surface area contributed by atoms with Crippen LogP contribution in [0.15, 0.2) is 30.3 Å². The van der Waals surface area contributed by atoms with E-state index in [-0.39, 0.29) is 0 Å². The molecule has 0 spiro atoms. The Kier molecular flexibility index (Phi) is 9.35. The van der Waals surface area contributed by atoms with Crippen molar-refractivity contribution < 1.29 is 0 Å². The van der Waals surface area contributed by atoms with Crippen molar-refractivity contribution in [2.75, 3.05) is 0 Å². The third-order valence-corrected chi connectivity index (χ3v) is 2.16. The van der Waals surface area contributed by atoms with E-state index in [1.807, 2.05) is 18.2 Å². The second kappa shape index (κ2) is 9.23. The molecule has 0 saturated carbocycles. The predicted octanol–water partition coefficient (Wildman–Crippen LogP) is 1.12. The number of hydrogen-bond donors (Lipinski definition) is 0. The summed E-state index contributed by atoms with van der Waals surface area (Å²) in [4.78, 5) is 0. The lowest BCUT2D eigenvalue weighted by molar-refractivity contribution is 1.65. The molecular weight excluding hydrogens is 255 g/mol. The Balaban J connectivity index is 0.000000217. The van der Waals surface area contributed by atoms with E-state index in [4.69, 9.17) is 0 Å². The monoisotopic (exact) mass is 270 g/mol. The van der Waals surface area contributed by atoms with Crippen molar-refractivity contribution >= 4 is 44.8 Å². The molecule has 4 heteroatoms. The first-order chi connectivity index (χ1) is 5.81. The molecule has 0 aliphatic carbocycles. The molecule has 0 N–H and O–H groups in total. The highest BCUT2D eigenvalue weighted by Gasteiger charge is 1.75. The Labute approximate surface area is 91.5 Å². The van der Waals surface area contributed by atoms with Crippen LogP contribution in [-0.2, 0) is 0 Å². The summed E-state index contributed by atoms with van der Waals surface area (Å²) in [6.07, 6.45) is 1.39. The Morgan fingerprint density at radius 3 is 2.08 bits per heavy atom. The van der Waals surface area contributed by atoms with E-state index in [2.05, 4.69) is 49.3 Å². The molecular formula is C8H14B3I. The fraction of sp³-hybridized carbons (Fsp3) is 0.250. The minimum absolute atomic E-state index is 1.29. The standard InChI is InChI=1S/C6H5I.C2H9B3/c7-6-4-2-1-3-5-6;1-4-2-5-3/h1-5H;4-5H,2-3H2,1H3. The van der Waals surface area contributed by atoms with Gasteiger partial charge in [0.15, 0.2) is 0 Å². The second-order valence-corrected chi connectivity index (χ2v) is 3.89. The van der Waals surface area contributed by atoms with Crippen LogP contribution in [0.4, 0.5) is 0 Å². The normalized spacial score (nSPS) is 7.83. The Bertz CT molecular complexity index is 177. The van der Waals surface area contributed by atoms with Crippen LogP contribution in [0.25, 0.3) is 0 Å². The van der Waals surface area contributed by atoms with Gasteiger partial charge in [-0.3, -0.25) is 0 Å². The first-order valence-corrected chi connectivity index (χ1v) is 5.59. The lowest BCUT2D eigenvalue weighted by atomic mass is 9.44. The Morgan fingerprint density at radius 2 is 1.92 bits per heavy atom. The Morgan fingerprint density at radius 1 is 1.33 bits per heavy atom.